The van der Waals surface area contributed by atoms with Crippen LogP contribution in [0.1, 0.15) is 15.9 Å². The van der Waals surface area contributed by atoms with E-state index in [1.54, 1.807) is 30.3 Å². The Kier molecular flexibility index (Phi) is 2.09. The first-order chi connectivity index (χ1) is 9.75. The lowest BCUT2D eigenvalue weighted by atomic mass is 10.0. The highest BCUT2D eigenvalue weighted by molar-refractivity contribution is 6.56. The van der Waals surface area contributed by atoms with Gasteiger partial charge in [-0.2, -0.15) is 0 Å². The summed E-state index contributed by atoms with van der Waals surface area (Å²) in [6.07, 6.45) is 0. The Bertz CT molecular complexity index is 890. The lowest BCUT2D eigenvalue weighted by molar-refractivity contribution is 0.106. The number of rotatable bonds is 1. The van der Waals surface area contributed by atoms with E-state index in [1.807, 2.05) is 18.2 Å². The van der Waals surface area contributed by atoms with Gasteiger partial charge in [-0.05, 0) is 18.2 Å². The third kappa shape index (κ3) is 1.36. The number of furan rings is 1. The third-order valence-corrected chi connectivity index (χ3v) is 3.41. The first kappa shape index (κ1) is 11.0. The molecule has 0 bridgehead atoms. The molecule has 0 aliphatic carbocycles. The second-order valence-electron chi connectivity index (χ2n) is 4.59. The SMILES string of the molecule is O=C1C(c2c(O)oc3ccccc23)=Nc2ccccc21. The standard InChI is InChI=1S/C16H9NO3/c18-15-9-5-1-3-7-11(9)17-14(15)13-10-6-2-4-8-12(10)20-16(13)19/h1-8,19H. The van der Waals surface area contributed by atoms with E-state index in [4.69, 9.17) is 4.42 Å². The highest BCUT2D eigenvalue weighted by Gasteiger charge is 2.30. The largest absolute Gasteiger partial charge is 0.480 e. The molecule has 4 nitrogen and oxygen atoms in total. The maximum atomic E-state index is 12.4. The molecule has 0 unspecified atom stereocenters. The van der Waals surface area contributed by atoms with E-state index in [1.165, 1.54) is 0 Å². The summed E-state index contributed by atoms with van der Waals surface area (Å²) in [5.74, 6) is -0.464. The zero-order chi connectivity index (χ0) is 13.7. The number of ketones is 1. The van der Waals surface area contributed by atoms with Gasteiger partial charge in [0.1, 0.15) is 11.3 Å². The van der Waals surface area contributed by atoms with Gasteiger partial charge in [0.25, 0.3) is 5.95 Å². The van der Waals surface area contributed by atoms with Crippen LogP contribution in [0.5, 0.6) is 5.95 Å². The second-order valence-corrected chi connectivity index (χ2v) is 4.59. The Hall–Kier alpha value is -2.88. The molecular formula is C16H9NO3. The summed E-state index contributed by atoms with van der Waals surface area (Å²) < 4.78 is 5.28. The molecule has 0 spiro atoms. The molecule has 3 aromatic rings. The van der Waals surface area contributed by atoms with Crippen molar-refractivity contribution in [2.24, 2.45) is 4.99 Å². The maximum Gasteiger partial charge on any atom is 0.292 e. The summed E-state index contributed by atoms with van der Waals surface area (Å²) in [4.78, 5) is 16.7. The number of benzene rings is 2. The second kappa shape index (κ2) is 3.81. The number of carbonyl (C=O) groups excluding carboxylic acids is 1. The minimum absolute atomic E-state index is 0.192. The van der Waals surface area contributed by atoms with Crippen LogP contribution < -0.4 is 0 Å². The quantitative estimate of drug-likeness (QED) is 0.731. The molecule has 96 valence electrons. The fourth-order valence-corrected chi connectivity index (χ4v) is 2.49. The number of aromatic hydroxyl groups is 1. The topological polar surface area (TPSA) is 62.8 Å². The fraction of sp³-hybridized carbons (Fsp3) is 0. The van der Waals surface area contributed by atoms with Crippen molar-refractivity contribution in [2.75, 3.05) is 0 Å². The Morgan fingerprint density at radius 1 is 1.00 bits per heavy atom. The van der Waals surface area contributed by atoms with Gasteiger partial charge in [-0.3, -0.25) is 4.79 Å². The molecule has 2 aromatic carbocycles. The van der Waals surface area contributed by atoms with Gasteiger partial charge >= 0.3 is 0 Å². The van der Waals surface area contributed by atoms with E-state index in [-0.39, 0.29) is 17.4 Å². The van der Waals surface area contributed by atoms with Crippen molar-refractivity contribution >= 4 is 28.2 Å². The van der Waals surface area contributed by atoms with Gasteiger partial charge < -0.3 is 9.52 Å². The fourth-order valence-electron chi connectivity index (χ4n) is 2.49. The number of carbonyl (C=O) groups is 1. The minimum Gasteiger partial charge on any atom is -0.480 e. The molecule has 2 heterocycles. The van der Waals surface area contributed by atoms with Crippen molar-refractivity contribution in [3.05, 3.63) is 59.7 Å². The van der Waals surface area contributed by atoms with Gasteiger partial charge in [0.15, 0.2) is 0 Å². The molecule has 1 aliphatic rings. The summed E-state index contributed by atoms with van der Waals surface area (Å²) in [6.45, 7) is 0. The van der Waals surface area contributed by atoms with E-state index >= 15 is 0 Å². The van der Waals surface area contributed by atoms with Crippen LogP contribution in [0.3, 0.4) is 0 Å². The van der Waals surface area contributed by atoms with E-state index in [9.17, 15) is 9.90 Å². The number of para-hydroxylation sites is 2. The van der Waals surface area contributed by atoms with Crippen molar-refractivity contribution < 1.29 is 14.3 Å². The van der Waals surface area contributed by atoms with Crippen LogP contribution in [0.2, 0.25) is 0 Å². The number of fused-ring (bicyclic) bond motifs is 2. The van der Waals surface area contributed by atoms with Gasteiger partial charge in [-0.25, -0.2) is 4.99 Å². The van der Waals surface area contributed by atoms with E-state index in [0.29, 0.717) is 27.8 Å². The van der Waals surface area contributed by atoms with Crippen molar-refractivity contribution in [2.45, 2.75) is 0 Å². The molecule has 1 N–H and O–H groups in total. The molecule has 0 saturated heterocycles. The minimum atomic E-state index is -0.272. The van der Waals surface area contributed by atoms with Crippen molar-refractivity contribution in [3.8, 4) is 5.95 Å². The highest BCUT2D eigenvalue weighted by Crippen LogP contribution is 2.36. The van der Waals surface area contributed by atoms with Gasteiger partial charge in [0.2, 0.25) is 5.78 Å². The maximum absolute atomic E-state index is 12.4. The number of hydrogen-bond acceptors (Lipinski definition) is 4. The van der Waals surface area contributed by atoms with Gasteiger partial charge in [0, 0.05) is 10.9 Å². The smallest absolute Gasteiger partial charge is 0.292 e. The molecule has 0 atom stereocenters. The molecule has 0 amide bonds. The number of hydrogen-bond donors (Lipinski definition) is 1. The summed E-state index contributed by atoms with van der Waals surface area (Å²) in [6, 6.07) is 14.3. The molecule has 4 rings (SSSR count). The number of nitrogens with zero attached hydrogens (tertiary/aromatic N) is 1. The predicted molar refractivity (Wildman–Crippen MR) is 74.8 cm³/mol. The Morgan fingerprint density at radius 2 is 1.75 bits per heavy atom. The summed E-state index contributed by atoms with van der Waals surface area (Å²) in [5, 5.41) is 10.7. The normalized spacial score (nSPS) is 13.6. The van der Waals surface area contributed by atoms with Crippen molar-refractivity contribution in [1.82, 2.24) is 0 Å². The van der Waals surface area contributed by atoms with Crippen molar-refractivity contribution in [3.63, 3.8) is 0 Å². The van der Waals surface area contributed by atoms with Crippen LogP contribution in [0.15, 0.2) is 57.9 Å². The van der Waals surface area contributed by atoms with Crippen LogP contribution in [0, 0.1) is 0 Å². The molecule has 0 saturated carbocycles. The monoisotopic (exact) mass is 263 g/mol. The Morgan fingerprint density at radius 3 is 2.60 bits per heavy atom. The zero-order valence-corrected chi connectivity index (χ0v) is 10.3. The number of aliphatic imine (C=N–C) groups is 1. The molecule has 0 fully saturated rings. The van der Waals surface area contributed by atoms with Crippen LogP contribution in [0.4, 0.5) is 5.69 Å². The van der Waals surface area contributed by atoms with E-state index in [0.717, 1.165) is 0 Å². The van der Waals surface area contributed by atoms with Crippen LogP contribution in [0.25, 0.3) is 11.0 Å². The van der Waals surface area contributed by atoms with Crippen LogP contribution in [-0.2, 0) is 0 Å². The Labute approximate surface area is 114 Å². The van der Waals surface area contributed by atoms with Gasteiger partial charge in [-0.1, -0.05) is 30.3 Å². The van der Waals surface area contributed by atoms with Crippen LogP contribution in [-0.4, -0.2) is 16.6 Å². The van der Waals surface area contributed by atoms with Gasteiger partial charge in [0.05, 0.1) is 11.3 Å². The zero-order valence-electron chi connectivity index (χ0n) is 10.3. The first-order valence-electron chi connectivity index (χ1n) is 6.19. The number of Topliss-reactive ketones (excluding diaryl/α,β-unsaturated/α-hetero) is 1. The lowest BCUT2D eigenvalue weighted by Gasteiger charge is -1.96. The average Bonchev–Trinajstić information content (AvgIpc) is 2.96. The molecule has 1 aromatic heterocycles. The van der Waals surface area contributed by atoms with E-state index in [2.05, 4.69) is 4.99 Å². The lowest BCUT2D eigenvalue weighted by Crippen LogP contribution is -2.10. The summed E-state index contributed by atoms with van der Waals surface area (Å²) in [7, 11) is 0. The highest BCUT2D eigenvalue weighted by atomic mass is 16.5. The van der Waals surface area contributed by atoms with Gasteiger partial charge in [-0.15, -0.1) is 0 Å². The molecule has 1 aliphatic heterocycles. The molecule has 20 heavy (non-hydrogen) atoms. The Balaban J connectivity index is 1.99. The molecule has 4 heteroatoms. The van der Waals surface area contributed by atoms with Crippen LogP contribution >= 0.6 is 0 Å². The summed E-state index contributed by atoms with van der Waals surface area (Å²) in [5.41, 5.74) is 2.30. The summed E-state index contributed by atoms with van der Waals surface area (Å²) >= 11 is 0. The third-order valence-electron chi connectivity index (χ3n) is 3.41. The molecular weight excluding hydrogens is 254 g/mol. The predicted octanol–water partition coefficient (Wildman–Crippen LogP) is 3.46. The van der Waals surface area contributed by atoms with E-state index < -0.39 is 0 Å². The molecule has 0 radical (unpaired) electrons. The first-order valence-corrected chi connectivity index (χ1v) is 6.19. The van der Waals surface area contributed by atoms with Crippen molar-refractivity contribution in [1.29, 1.82) is 0 Å². The average molecular weight is 263 g/mol.